The SMILES string of the molecule is Clc1c(Cl)c(Cl)[c]([Sb]([c]2c(Cl)c(Cl)c(Cl)c(Cl)c2Cl)[c]2c(Cl)c(Cl)c(Cl)c(Cl)c2Cl)c(Cl)c1Cl. The van der Waals surface area contributed by atoms with E-state index in [2.05, 4.69) is 0 Å². The van der Waals surface area contributed by atoms with Crippen molar-refractivity contribution in [2.75, 3.05) is 0 Å². The van der Waals surface area contributed by atoms with Crippen LogP contribution in [0.25, 0.3) is 0 Å². The van der Waals surface area contributed by atoms with E-state index >= 15 is 0 Å². The molecule has 0 N–H and O–H groups in total. The molecule has 34 heavy (non-hydrogen) atoms. The third kappa shape index (κ3) is 5.29. The zero-order valence-corrected chi connectivity index (χ0v) is 29.0. The second-order valence-electron chi connectivity index (χ2n) is 6.09. The fourth-order valence-corrected chi connectivity index (χ4v) is 17.9. The van der Waals surface area contributed by atoms with Gasteiger partial charge in [0.15, 0.2) is 0 Å². The molecule has 0 heterocycles. The van der Waals surface area contributed by atoms with Crippen LogP contribution in [0.2, 0.25) is 75.3 Å². The Hall–Kier alpha value is 2.83. The van der Waals surface area contributed by atoms with Gasteiger partial charge in [0, 0.05) is 0 Å². The average molecular weight is 870 g/mol. The van der Waals surface area contributed by atoms with E-state index in [0.29, 0.717) is 0 Å². The normalized spacial score (nSPS) is 11.6. The van der Waals surface area contributed by atoms with E-state index in [0.717, 1.165) is 0 Å². The quantitative estimate of drug-likeness (QED) is 0.140. The van der Waals surface area contributed by atoms with Crippen molar-refractivity contribution < 1.29 is 0 Å². The molecule has 0 unspecified atom stereocenters. The Morgan fingerprint density at radius 1 is 0.206 bits per heavy atom. The van der Waals surface area contributed by atoms with Crippen molar-refractivity contribution in [3.8, 4) is 0 Å². The van der Waals surface area contributed by atoms with Gasteiger partial charge in [0.2, 0.25) is 0 Å². The second kappa shape index (κ2) is 12.1. The molecule has 0 nitrogen and oxygen atoms in total. The molecule has 0 radical (unpaired) electrons. The van der Waals surface area contributed by atoms with Crippen LogP contribution in [0.3, 0.4) is 0 Å². The summed E-state index contributed by atoms with van der Waals surface area (Å²) in [6.07, 6.45) is 0. The van der Waals surface area contributed by atoms with Crippen LogP contribution < -0.4 is 10.5 Å². The summed E-state index contributed by atoms with van der Waals surface area (Å²) >= 11 is 92.6. The molecule has 0 amide bonds. The minimum atomic E-state index is -3.89. The first-order valence-corrected chi connectivity index (χ1v) is 17.5. The molecule has 0 aliphatic rings. The monoisotopic (exact) mass is 861 g/mol. The van der Waals surface area contributed by atoms with E-state index in [9.17, 15) is 0 Å². The molecule has 3 aromatic carbocycles. The predicted molar refractivity (Wildman–Crippen MR) is 159 cm³/mol. The van der Waals surface area contributed by atoms with Gasteiger partial charge in [0.1, 0.15) is 0 Å². The molecule has 0 saturated heterocycles. The Morgan fingerprint density at radius 3 is 0.471 bits per heavy atom. The first-order chi connectivity index (χ1) is 15.7. The van der Waals surface area contributed by atoms with Gasteiger partial charge in [-0.25, -0.2) is 0 Å². The van der Waals surface area contributed by atoms with Gasteiger partial charge in [0.25, 0.3) is 0 Å². The van der Waals surface area contributed by atoms with Crippen molar-refractivity contribution in [3.63, 3.8) is 0 Å². The molecule has 16 heteroatoms. The number of halogens is 15. The molecule has 0 atom stereocenters. The standard InChI is InChI=1S/3C6Cl5.Sb/c3*7-2-1-3(8)5(10)6(11)4(2)9;. The second-order valence-corrected chi connectivity index (χ2v) is 17.5. The number of hydrogen-bond acceptors (Lipinski definition) is 0. The van der Waals surface area contributed by atoms with Gasteiger partial charge in [-0.1, -0.05) is 0 Å². The minimum absolute atomic E-state index is 0.0484. The van der Waals surface area contributed by atoms with Crippen LogP contribution in [0, 0.1) is 0 Å². The van der Waals surface area contributed by atoms with Crippen molar-refractivity contribution in [2.24, 2.45) is 0 Å². The van der Waals surface area contributed by atoms with E-state index in [1.54, 1.807) is 0 Å². The van der Waals surface area contributed by atoms with Gasteiger partial charge in [-0.15, -0.1) is 0 Å². The molecular weight excluding hydrogens is 870 g/mol. The third-order valence-corrected chi connectivity index (χ3v) is 21.1. The van der Waals surface area contributed by atoms with Crippen molar-refractivity contribution in [3.05, 3.63) is 75.3 Å². The zero-order valence-electron chi connectivity index (χ0n) is 15.1. The summed E-state index contributed by atoms with van der Waals surface area (Å²) in [5.74, 6) is 0. The maximum absolute atomic E-state index is 6.63. The summed E-state index contributed by atoms with van der Waals surface area (Å²) in [6.45, 7) is 0. The van der Waals surface area contributed by atoms with Crippen molar-refractivity contribution in [2.45, 2.75) is 0 Å². The Bertz CT molecular complexity index is 1110. The zero-order chi connectivity index (χ0) is 26.0. The molecule has 182 valence electrons. The summed E-state index contributed by atoms with van der Waals surface area (Å²) in [6, 6.07) is 0. The van der Waals surface area contributed by atoms with Gasteiger partial charge >= 0.3 is 280 Å². The fraction of sp³-hybridized carbons (Fsp3) is 0. The number of rotatable bonds is 3. The van der Waals surface area contributed by atoms with Gasteiger partial charge in [-0.05, 0) is 0 Å². The van der Waals surface area contributed by atoms with Gasteiger partial charge < -0.3 is 0 Å². The Balaban J connectivity index is 2.68. The number of benzene rings is 3. The van der Waals surface area contributed by atoms with Crippen molar-refractivity contribution in [1.29, 1.82) is 0 Å². The van der Waals surface area contributed by atoms with Crippen molar-refractivity contribution >= 4 is 205 Å². The Labute approximate surface area is 276 Å². The summed E-state index contributed by atoms with van der Waals surface area (Å²) < 4.78 is 0.673. The van der Waals surface area contributed by atoms with Gasteiger partial charge in [-0.2, -0.15) is 0 Å². The summed E-state index contributed by atoms with van der Waals surface area (Å²) in [4.78, 5) is 0. The van der Waals surface area contributed by atoms with Crippen LogP contribution in [-0.2, 0) is 0 Å². The van der Waals surface area contributed by atoms with Crippen LogP contribution >= 0.6 is 174 Å². The molecule has 3 rings (SSSR count). The topological polar surface area (TPSA) is 0 Å². The number of hydrogen-bond donors (Lipinski definition) is 0. The summed E-state index contributed by atoms with van der Waals surface area (Å²) in [5, 5.41) is -1.01. The Kier molecular flexibility index (Phi) is 11.2. The molecule has 0 spiro atoms. The van der Waals surface area contributed by atoms with Crippen LogP contribution in [0.15, 0.2) is 0 Å². The van der Waals surface area contributed by atoms with E-state index in [1.807, 2.05) is 0 Å². The third-order valence-electron chi connectivity index (χ3n) is 4.23. The van der Waals surface area contributed by atoms with E-state index < -0.39 is 20.2 Å². The predicted octanol–water partition coefficient (Wildman–Crippen LogP) is 12.0. The molecule has 0 aliphatic carbocycles. The van der Waals surface area contributed by atoms with Gasteiger partial charge in [-0.3, -0.25) is 0 Å². The summed E-state index contributed by atoms with van der Waals surface area (Å²) in [5.41, 5.74) is 0. The Morgan fingerprint density at radius 2 is 0.324 bits per heavy atom. The first-order valence-electron chi connectivity index (χ1n) is 8.01. The molecule has 0 saturated carbocycles. The van der Waals surface area contributed by atoms with Crippen LogP contribution in [0.4, 0.5) is 0 Å². The van der Waals surface area contributed by atoms with Crippen LogP contribution in [0.1, 0.15) is 0 Å². The van der Waals surface area contributed by atoms with Crippen LogP contribution in [-0.4, -0.2) is 20.2 Å². The van der Waals surface area contributed by atoms with Gasteiger partial charge in [0.05, 0.1) is 0 Å². The molecule has 0 aliphatic heterocycles. The van der Waals surface area contributed by atoms with E-state index in [-0.39, 0.29) is 85.9 Å². The molecule has 0 bridgehead atoms. The first kappa shape index (κ1) is 31.4. The van der Waals surface area contributed by atoms with Crippen molar-refractivity contribution in [1.82, 2.24) is 0 Å². The van der Waals surface area contributed by atoms with E-state index in [4.69, 9.17) is 174 Å². The summed E-state index contributed by atoms with van der Waals surface area (Å²) in [7, 11) is 0. The van der Waals surface area contributed by atoms with Crippen LogP contribution in [0.5, 0.6) is 0 Å². The average Bonchev–Trinajstić information content (AvgIpc) is 2.81. The molecule has 3 aromatic rings. The molecular formula is C18Cl15Sb. The fourth-order valence-electron chi connectivity index (χ4n) is 2.70. The molecule has 0 aromatic heterocycles. The maximum atomic E-state index is 6.63. The molecule has 0 fully saturated rings. The van der Waals surface area contributed by atoms with E-state index in [1.165, 1.54) is 0 Å².